The number of carbonyl (C=O) groups is 3. The van der Waals surface area contributed by atoms with E-state index in [4.69, 9.17) is 9.84 Å². The van der Waals surface area contributed by atoms with Crippen LogP contribution in [0.3, 0.4) is 0 Å². The molecule has 110 valence electrons. The number of methoxy groups -OCH3 is 1. The van der Waals surface area contributed by atoms with E-state index in [0.29, 0.717) is 6.54 Å². The van der Waals surface area contributed by atoms with Crippen LogP contribution in [0.4, 0.5) is 4.79 Å². The average Bonchev–Trinajstić information content (AvgIpc) is 2.34. The van der Waals surface area contributed by atoms with Crippen LogP contribution in [0, 0.1) is 0 Å². The van der Waals surface area contributed by atoms with Crippen LogP contribution >= 0.6 is 0 Å². The van der Waals surface area contributed by atoms with E-state index in [1.807, 2.05) is 0 Å². The largest absolute Gasteiger partial charge is 0.480 e. The molecule has 0 aliphatic carbocycles. The van der Waals surface area contributed by atoms with Crippen molar-refractivity contribution >= 4 is 17.9 Å². The van der Waals surface area contributed by atoms with Gasteiger partial charge >= 0.3 is 12.0 Å². The molecule has 0 aliphatic heterocycles. The quantitative estimate of drug-likeness (QED) is 0.513. The summed E-state index contributed by atoms with van der Waals surface area (Å²) in [4.78, 5) is 34.6. The van der Waals surface area contributed by atoms with E-state index >= 15 is 0 Å². The first-order valence-electron chi connectivity index (χ1n) is 6.01. The van der Waals surface area contributed by atoms with Crippen LogP contribution in [-0.4, -0.2) is 67.8 Å². The van der Waals surface area contributed by atoms with Gasteiger partial charge < -0.3 is 25.4 Å². The molecular formula is C11H21N3O5. The molecule has 0 spiro atoms. The Hall–Kier alpha value is -1.83. The maximum Gasteiger partial charge on any atom is 0.323 e. The van der Waals surface area contributed by atoms with E-state index in [2.05, 4.69) is 10.6 Å². The van der Waals surface area contributed by atoms with Crippen molar-refractivity contribution in [2.24, 2.45) is 0 Å². The van der Waals surface area contributed by atoms with Gasteiger partial charge in [-0.05, 0) is 6.92 Å². The summed E-state index contributed by atoms with van der Waals surface area (Å²) in [5.41, 5.74) is 0. The highest BCUT2D eigenvalue weighted by atomic mass is 16.5. The van der Waals surface area contributed by atoms with Gasteiger partial charge in [0.1, 0.15) is 6.54 Å². The van der Waals surface area contributed by atoms with Crippen LogP contribution < -0.4 is 10.6 Å². The molecule has 0 aliphatic rings. The van der Waals surface area contributed by atoms with Gasteiger partial charge in [-0.3, -0.25) is 9.59 Å². The molecule has 0 aromatic heterocycles. The molecule has 0 heterocycles. The van der Waals surface area contributed by atoms with Crippen LogP contribution in [0.15, 0.2) is 0 Å². The summed E-state index contributed by atoms with van der Waals surface area (Å²) in [5.74, 6) is -1.26. The van der Waals surface area contributed by atoms with Gasteiger partial charge in [-0.25, -0.2) is 4.79 Å². The number of nitrogens with zero attached hydrogens (tertiary/aromatic N) is 1. The monoisotopic (exact) mass is 275 g/mol. The summed E-state index contributed by atoms with van der Waals surface area (Å²) in [6, 6.07) is -0.524. The zero-order valence-corrected chi connectivity index (χ0v) is 11.3. The highest BCUT2D eigenvalue weighted by Gasteiger charge is 2.16. The minimum Gasteiger partial charge on any atom is -0.480 e. The van der Waals surface area contributed by atoms with Gasteiger partial charge in [0, 0.05) is 33.2 Å². The number of amides is 3. The maximum atomic E-state index is 11.7. The number of ether oxygens (including phenoxy) is 1. The van der Waals surface area contributed by atoms with Crippen LogP contribution in [-0.2, 0) is 14.3 Å². The first-order valence-corrected chi connectivity index (χ1v) is 6.01. The lowest BCUT2D eigenvalue weighted by Crippen LogP contribution is -2.45. The fourth-order valence-electron chi connectivity index (χ4n) is 1.30. The summed E-state index contributed by atoms with van der Waals surface area (Å²) in [5, 5.41) is 13.8. The Morgan fingerprint density at radius 1 is 1.26 bits per heavy atom. The van der Waals surface area contributed by atoms with Crippen molar-refractivity contribution in [3.8, 4) is 0 Å². The zero-order chi connectivity index (χ0) is 14.7. The van der Waals surface area contributed by atoms with Crippen molar-refractivity contribution in [1.29, 1.82) is 0 Å². The van der Waals surface area contributed by atoms with Gasteiger partial charge in [0.2, 0.25) is 5.91 Å². The van der Waals surface area contributed by atoms with Gasteiger partial charge in [0.25, 0.3) is 0 Å². The van der Waals surface area contributed by atoms with E-state index in [0.717, 1.165) is 4.90 Å². The van der Waals surface area contributed by atoms with Crippen molar-refractivity contribution in [1.82, 2.24) is 15.5 Å². The molecule has 0 saturated heterocycles. The van der Waals surface area contributed by atoms with Crippen molar-refractivity contribution in [3.63, 3.8) is 0 Å². The number of rotatable bonds is 9. The van der Waals surface area contributed by atoms with Crippen LogP contribution in [0.5, 0.6) is 0 Å². The van der Waals surface area contributed by atoms with Gasteiger partial charge in [-0.15, -0.1) is 0 Å². The highest BCUT2D eigenvalue weighted by Crippen LogP contribution is 1.91. The number of hydrogen-bond acceptors (Lipinski definition) is 4. The molecule has 0 saturated carbocycles. The van der Waals surface area contributed by atoms with E-state index in [9.17, 15) is 14.4 Å². The summed E-state index contributed by atoms with van der Waals surface area (Å²) in [6.45, 7) is 2.51. The Kier molecular flexibility index (Phi) is 9.15. The molecule has 0 unspecified atom stereocenters. The zero-order valence-electron chi connectivity index (χ0n) is 11.3. The van der Waals surface area contributed by atoms with Gasteiger partial charge in [0.05, 0.1) is 6.61 Å². The fraction of sp³-hybridized carbons (Fsp3) is 0.727. The molecule has 3 N–H and O–H groups in total. The minimum atomic E-state index is -1.10. The lowest BCUT2D eigenvalue weighted by atomic mass is 10.4. The molecule has 0 radical (unpaired) electrons. The Morgan fingerprint density at radius 3 is 2.47 bits per heavy atom. The summed E-state index contributed by atoms with van der Waals surface area (Å²) < 4.78 is 4.80. The number of aliphatic carboxylic acids is 1. The molecule has 8 nitrogen and oxygen atoms in total. The second kappa shape index (κ2) is 10.1. The van der Waals surface area contributed by atoms with Crippen molar-refractivity contribution in [2.45, 2.75) is 13.3 Å². The first-order chi connectivity index (χ1) is 9.01. The SMILES string of the molecule is CCNC(=O)CCNC(=O)N(CCOC)CC(=O)O. The third kappa shape index (κ3) is 8.83. The maximum absolute atomic E-state index is 11.7. The molecular weight excluding hydrogens is 254 g/mol. The van der Waals surface area contributed by atoms with Gasteiger partial charge in [-0.2, -0.15) is 0 Å². The molecule has 0 atom stereocenters. The Balaban J connectivity index is 4.08. The number of carboxylic acids is 1. The van der Waals surface area contributed by atoms with Crippen LogP contribution in [0.2, 0.25) is 0 Å². The predicted octanol–water partition coefficient (Wildman–Crippen LogP) is -0.745. The second-order valence-electron chi connectivity index (χ2n) is 3.74. The normalized spacial score (nSPS) is 9.79. The number of hydrogen-bond donors (Lipinski definition) is 3. The molecule has 19 heavy (non-hydrogen) atoms. The van der Waals surface area contributed by atoms with Crippen LogP contribution in [0.1, 0.15) is 13.3 Å². The van der Waals surface area contributed by atoms with Crippen molar-refractivity contribution in [3.05, 3.63) is 0 Å². The topological polar surface area (TPSA) is 108 Å². The van der Waals surface area contributed by atoms with E-state index < -0.39 is 18.5 Å². The molecule has 0 bridgehead atoms. The molecule has 0 aromatic rings. The third-order valence-corrected chi connectivity index (χ3v) is 2.18. The summed E-state index contributed by atoms with van der Waals surface area (Å²) in [6.07, 6.45) is 0.158. The Morgan fingerprint density at radius 2 is 1.95 bits per heavy atom. The summed E-state index contributed by atoms with van der Waals surface area (Å²) >= 11 is 0. The standard InChI is InChI=1S/C11H21N3O5/c1-3-12-9(15)4-5-13-11(18)14(6-7-19-2)8-10(16)17/h3-8H2,1-2H3,(H,12,15)(H,13,18)(H,16,17). The number of carboxylic acid groups (broad SMARTS) is 1. The lowest BCUT2D eigenvalue weighted by molar-refractivity contribution is -0.137. The number of carbonyl (C=O) groups excluding carboxylic acids is 2. The summed E-state index contributed by atoms with van der Waals surface area (Å²) in [7, 11) is 1.46. The fourth-order valence-corrected chi connectivity index (χ4v) is 1.30. The lowest BCUT2D eigenvalue weighted by Gasteiger charge is -2.20. The molecule has 0 aromatic carbocycles. The minimum absolute atomic E-state index is 0.158. The molecule has 0 rings (SSSR count). The first kappa shape index (κ1) is 17.2. The number of nitrogens with one attached hydrogen (secondary N) is 2. The smallest absolute Gasteiger partial charge is 0.323 e. The second-order valence-corrected chi connectivity index (χ2v) is 3.74. The van der Waals surface area contributed by atoms with Gasteiger partial charge in [-0.1, -0.05) is 0 Å². The van der Waals surface area contributed by atoms with E-state index in [-0.39, 0.29) is 32.0 Å². The number of urea groups is 1. The van der Waals surface area contributed by atoms with Crippen molar-refractivity contribution < 1.29 is 24.2 Å². The average molecular weight is 275 g/mol. The highest BCUT2D eigenvalue weighted by molar-refractivity contribution is 5.81. The predicted molar refractivity (Wildman–Crippen MR) is 67.8 cm³/mol. The van der Waals surface area contributed by atoms with Crippen molar-refractivity contribution in [2.75, 3.05) is 39.9 Å². The molecule has 3 amide bonds. The Bertz CT molecular complexity index is 309. The molecule has 8 heteroatoms. The molecule has 0 fully saturated rings. The van der Waals surface area contributed by atoms with Crippen LogP contribution in [0.25, 0.3) is 0 Å². The van der Waals surface area contributed by atoms with E-state index in [1.165, 1.54) is 7.11 Å². The van der Waals surface area contributed by atoms with E-state index in [1.54, 1.807) is 6.92 Å². The third-order valence-electron chi connectivity index (χ3n) is 2.18. The Labute approximate surface area is 112 Å². The van der Waals surface area contributed by atoms with Gasteiger partial charge in [0.15, 0.2) is 0 Å².